The lowest BCUT2D eigenvalue weighted by atomic mass is 10.2. The largest absolute Gasteiger partial charge is 0.338 e. The van der Waals surface area contributed by atoms with Crippen LogP contribution in [0.1, 0.15) is 43.1 Å². The number of aromatic nitrogens is 4. The van der Waals surface area contributed by atoms with Crippen molar-refractivity contribution in [3.63, 3.8) is 0 Å². The third kappa shape index (κ3) is 3.00. The molecule has 0 spiro atoms. The molecule has 112 valence electrons. The maximum atomic E-state index is 5.42. The van der Waals surface area contributed by atoms with Crippen molar-refractivity contribution in [3.05, 3.63) is 34.4 Å². The summed E-state index contributed by atoms with van der Waals surface area (Å²) in [6.07, 6.45) is 4.94. The van der Waals surface area contributed by atoms with Crippen molar-refractivity contribution in [2.75, 3.05) is 11.9 Å². The Hall–Kier alpha value is -1.69. The van der Waals surface area contributed by atoms with Gasteiger partial charge in [-0.3, -0.25) is 9.55 Å². The van der Waals surface area contributed by atoms with E-state index in [-0.39, 0.29) is 0 Å². The van der Waals surface area contributed by atoms with Crippen molar-refractivity contribution in [2.24, 2.45) is 0 Å². The van der Waals surface area contributed by atoms with Gasteiger partial charge < -0.3 is 4.90 Å². The van der Waals surface area contributed by atoms with Crippen molar-refractivity contribution in [1.29, 1.82) is 0 Å². The first-order valence-corrected chi connectivity index (χ1v) is 7.86. The standard InChI is InChI=1S/C15H21N5S/c1-11-6-5-7-12(16-11)10-19(2)14-17-18-15(21)20(14)13-8-3-4-9-13/h5-7,13H,3-4,8-10H2,1-2H3,(H,18,21). The van der Waals surface area contributed by atoms with Crippen LogP contribution in [0.5, 0.6) is 0 Å². The second kappa shape index (κ2) is 5.97. The molecule has 1 aliphatic carbocycles. The summed E-state index contributed by atoms with van der Waals surface area (Å²) < 4.78 is 2.90. The van der Waals surface area contributed by atoms with Gasteiger partial charge in [-0.1, -0.05) is 18.9 Å². The van der Waals surface area contributed by atoms with Crippen molar-refractivity contribution in [3.8, 4) is 0 Å². The Morgan fingerprint density at radius 2 is 2.14 bits per heavy atom. The van der Waals surface area contributed by atoms with Gasteiger partial charge in [0.25, 0.3) is 0 Å². The maximum Gasteiger partial charge on any atom is 0.226 e. The number of aryl methyl sites for hydroxylation is 1. The highest BCUT2D eigenvalue weighted by Crippen LogP contribution is 2.32. The van der Waals surface area contributed by atoms with E-state index in [9.17, 15) is 0 Å². The zero-order chi connectivity index (χ0) is 14.8. The van der Waals surface area contributed by atoms with E-state index < -0.39 is 0 Å². The lowest BCUT2D eigenvalue weighted by molar-refractivity contribution is 0.508. The average Bonchev–Trinajstić information content (AvgIpc) is 3.07. The zero-order valence-electron chi connectivity index (χ0n) is 12.5. The van der Waals surface area contributed by atoms with Crippen molar-refractivity contribution in [1.82, 2.24) is 19.7 Å². The lowest BCUT2D eigenvalue weighted by Crippen LogP contribution is -2.23. The molecule has 0 radical (unpaired) electrons. The number of hydrogen-bond acceptors (Lipinski definition) is 4. The van der Waals surface area contributed by atoms with Gasteiger partial charge in [0.1, 0.15) is 0 Å². The predicted molar refractivity (Wildman–Crippen MR) is 86.0 cm³/mol. The van der Waals surface area contributed by atoms with E-state index in [1.807, 2.05) is 32.2 Å². The summed E-state index contributed by atoms with van der Waals surface area (Å²) in [6.45, 7) is 2.74. The molecule has 0 amide bonds. The first-order chi connectivity index (χ1) is 10.1. The molecule has 3 rings (SSSR count). The molecule has 0 aromatic carbocycles. The molecule has 0 aliphatic heterocycles. The second-order valence-electron chi connectivity index (χ2n) is 5.76. The van der Waals surface area contributed by atoms with Crippen LogP contribution in [0.15, 0.2) is 18.2 Å². The monoisotopic (exact) mass is 303 g/mol. The highest BCUT2D eigenvalue weighted by molar-refractivity contribution is 7.71. The van der Waals surface area contributed by atoms with Crippen LogP contribution >= 0.6 is 12.2 Å². The van der Waals surface area contributed by atoms with Crippen LogP contribution in [-0.2, 0) is 6.54 Å². The molecule has 0 atom stereocenters. The van der Waals surface area contributed by atoms with Crippen LogP contribution in [-0.4, -0.2) is 26.8 Å². The Labute approximate surface area is 130 Å². The Morgan fingerprint density at radius 3 is 2.86 bits per heavy atom. The van der Waals surface area contributed by atoms with Crippen LogP contribution in [0.2, 0.25) is 0 Å². The first kappa shape index (κ1) is 14.3. The quantitative estimate of drug-likeness (QED) is 0.880. The summed E-state index contributed by atoms with van der Waals surface area (Å²) in [4.78, 5) is 6.68. The summed E-state index contributed by atoms with van der Waals surface area (Å²) in [5, 5.41) is 7.37. The molecule has 1 saturated carbocycles. The van der Waals surface area contributed by atoms with Crippen LogP contribution in [0, 0.1) is 11.7 Å². The van der Waals surface area contributed by atoms with Gasteiger partial charge in [0.2, 0.25) is 5.95 Å². The molecular formula is C15H21N5S. The van der Waals surface area contributed by atoms with E-state index in [2.05, 4.69) is 24.6 Å². The Bertz CT molecular complexity index is 669. The third-order valence-electron chi connectivity index (χ3n) is 4.06. The minimum atomic E-state index is 0.485. The zero-order valence-corrected chi connectivity index (χ0v) is 13.4. The summed E-state index contributed by atoms with van der Waals surface area (Å²) in [5.41, 5.74) is 2.08. The number of hydrogen-bond donors (Lipinski definition) is 1. The molecule has 0 unspecified atom stereocenters. The van der Waals surface area contributed by atoms with Crippen molar-refractivity contribution >= 4 is 18.2 Å². The van der Waals surface area contributed by atoms with Gasteiger partial charge in [-0.15, -0.1) is 5.10 Å². The average molecular weight is 303 g/mol. The molecule has 2 aromatic heterocycles. The maximum absolute atomic E-state index is 5.42. The minimum absolute atomic E-state index is 0.485. The van der Waals surface area contributed by atoms with Gasteiger partial charge >= 0.3 is 0 Å². The second-order valence-corrected chi connectivity index (χ2v) is 6.15. The normalized spacial score (nSPS) is 15.5. The van der Waals surface area contributed by atoms with Gasteiger partial charge in [-0.2, -0.15) is 0 Å². The molecule has 0 bridgehead atoms. The van der Waals surface area contributed by atoms with E-state index in [1.54, 1.807) is 0 Å². The number of nitrogens with zero attached hydrogens (tertiary/aromatic N) is 4. The lowest BCUT2D eigenvalue weighted by Gasteiger charge is -2.21. The minimum Gasteiger partial charge on any atom is -0.338 e. The molecule has 1 aliphatic rings. The van der Waals surface area contributed by atoms with E-state index in [0.717, 1.165) is 28.7 Å². The van der Waals surface area contributed by atoms with E-state index in [0.29, 0.717) is 6.04 Å². The number of anilines is 1. The molecule has 0 saturated heterocycles. The highest BCUT2D eigenvalue weighted by atomic mass is 32.1. The van der Waals surface area contributed by atoms with Gasteiger partial charge in [0.15, 0.2) is 4.77 Å². The van der Waals surface area contributed by atoms with E-state index in [4.69, 9.17) is 12.2 Å². The molecule has 5 nitrogen and oxygen atoms in total. The molecule has 21 heavy (non-hydrogen) atoms. The Kier molecular flexibility index (Phi) is 4.05. The summed E-state index contributed by atoms with van der Waals surface area (Å²) in [5.74, 6) is 0.912. The van der Waals surface area contributed by atoms with E-state index in [1.165, 1.54) is 25.7 Å². The fraction of sp³-hybridized carbons (Fsp3) is 0.533. The van der Waals surface area contributed by atoms with Crippen molar-refractivity contribution in [2.45, 2.75) is 45.2 Å². The summed E-state index contributed by atoms with van der Waals surface area (Å²) in [6, 6.07) is 6.58. The summed E-state index contributed by atoms with van der Waals surface area (Å²) in [7, 11) is 2.04. The third-order valence-corrected chi connectivity index (χ3v) is 4.35. The number of nitrogens with one attached hydrogen (secondary N) is 1. The van der Waals surface area contributed by atoms with Gasteiger partial charge in [-0.25, -0.2) is 5.10 Å². The number of H-pyrrole nitrogens is 1. The molecule has 2 heterocycles. The highest BCUT2D eigenvalue weighted by Gasteiger charge is 2.22. The molecule has 6 heteroatoms. The smallest absolute Gasteiger partial charge is 0.226 e. The van der Waals surface area contributed by atoms with Gasteiger partial charge in [0, 0.05) is 18.8 Å². The SMILES string of the molecule is Cc1cccc(CN(C)c2n[nH]c(=S)n2C2CCCC2)n1. The van der Waals surface area contributed by atoms with Gasteiger partial charge in [0.05, 0.1) is 12.2 Å². The fourth-order valence-electron chi connectivity index (χ4n) is 3.06. The summed E-state index contributed by atoms with van der Waals surface area (Å²) >= 11 is 5.42. The van der Waals surface area contributed by atoms with E-state index >= 15 is 0 Å². The van der Waals surface area contributed by atoms with Crippen LogP contribution in [0.25, 0.3) is 0 Å². The number of pyridine rings is 1. The Morgan fingerprint density at radius 1 is 1.38 bits per heavy atom. The molecular weight excluding hydrogens is 282 g/mol. The van der Waals surface area contributed by atoms with Crippen LogP contribution in [0.3, 0.4) is 0 Å². The van der Waals surface area contributed by atoms with Crippen LogP contribution in [0.4, 0.5) is 5.95 Å². The predicted octanol–water partition coefficient (Wildman–Crippen LogP) is 3.40. The molecule has 1 fully saturated rings. The molecule has 1 N–H and O–H groups in total. The Balaban J connectivity index is 1.84. The van der Waals surface area contributed by atoms with Gasteiger partial charge in [-0.05, 0) is 44.1 Å². The molecule has 2 aromatic rings. The first-order valence-electron chi connectivity index (χ1n) is 7.46. The number of aromatic amines is 1. The van der Waals surface area contributed by atoms with Crippen molar-refractivity contribution < 1.29 is 0 Å². The fourth-order valence-corrected chi connectivity index (χ4v) is 3.33. The topological polar surface area (TPSA) is 49.7 Å². The number of rotatable bonds is 4. The van der Waals surface area contributed by atoms with Crippen LogP contribution < -0.4 is 4.90 Å².